The number of carbonyl (C=O) groups is 1. The van der Waals surface area contributed by atoms with Crippen molar-refractivity contribution in [1.29, 1.82) is 0 Å². The van der Waals surface area contributed by atoms with Gasteiger partial charge in [-0.3, -0.25) is 0 Å². The van der Waals surface area contributed by atoms with Crippen molar-refractivity contribution in [3.8, 4) is 0 Å². The van der Waals surface area contributed by atoms with E-state index in [1.54, 1.807) is 0 Å². The third-order valence-corrected chi connectivity index (χ3v) is 4.98. The maximum absolute atomic E-state index is 10.9. The number of hydrogen-bond acceptors (Lipinski definition) is 2. The number of urea groups is 1. The normalized spacial score (nSPS) is 24.5. The summed E-state index contributed by atoms with van der Waals surface area (Å²) in [5.74, 6) is 1.24. The van der Waals surface area contributed by atoms with E-state index in [4.69, 9.17) is 5.73 Å². The Hall–Kier alpha value is -1.06. The van der Waals surface area contributed by atoms with E-state index in [9.17, 15) is 4.79 Å². The molecule has 0 spiro atoms. The Bertz CT molecular complexity index is 371. The van der Waals surface area contributed by atoms with Crippen LogP contribution < -0.4 is 11.2 Å². The van der Waals surface area contributed by atoms with Gasteiger partial charge in [0.2, 0.25) is 0 Å². The molecule has 128 valence electrons. The van der Waals surface area contributed by atoms with Crippen LogP contribution in [0.3, 0.4) is 0 Å². The number of nitrogens with one attached hydrogen (secondary N) is 1. The zero-order chi connectivity index (χ0) is 16.6. The monoisotopic (exact) mass is 309 g/mol. The predicted octanol–water partition coefficient (Wildman–Crippen LogP) is 4.83. The zero-order valence-electron chi connectivity index (χ0n) is 15.0. The Labute approximate surface area is 136 Å². The molecule has 2 amide bonds. The molecule has 1 saturated carbocycles. The molecule has 0 aromatic rings. The molecule has 0 saturated heterocycles. The predicted molar refractivity (Wildman–Crippen MR) is 93.8 cm³/mol. The van der Waals surface area contributed by atoms with E-state index in [0.29, 0.717) is 11.3 Å². The average molecular weight is 309 g/mol. The second-order valence-corrected chi connectivity index (χ2v) is 7.82. The molecule has 1 aliphatic carbocycles. The number of nitrogens with zero attached hydrogens (tertiary/aromatic N) is 1. The minimum atomic E-state index is -0.563. The highest BCUT2D eigenvalue weighted by Gasteiger charge is 2.33. The summed E-state index contributed by atoms with van der Waals surface area (Å²) in [6.45, 7) is 9.24. The van der Waals surface area contributed by atoms with Gasteiger partial charge >= 0.3 is 6.03 Å². The van der Waals surface area contributed by atoms with Gasteiger partial charge in [0.25, 0.3) is 0 Å². The fraction of sp³-hybridized carbons (Fsp3) is 0.889. The smallest absolute Gasteiger partial charge is 0.332 e. The Balaban J connectivity index is 2.59. The molecule has 0 aromatic carbocycles. The lowest BCUT2D eigenvalue weighted by molar-refractivity contribution is 0.182. The summed E-state index contributed by atoms with van der Waals surface area (Å²) in [6.07, 6.45) is 11.0. The number of unbranched alkanes of at least 4 members (excludes halogenated alkanes) is 4. The molecule has 4 nitrogen and oxygen atoms in total. The van der Waals surface area contributed by atoms with E-state index in [1.807, 2.05) is 0 Å². The van der Waals surface area contributed by atoms with Crippen molar-refractivity contribution in [2.24, 2.45) is 28.1 Å². The number of hydrazone groups is 1. The number of nitrogens with two attached hydrogens (primary N) is 1. The molecule has 0 heterocycles. The topological polar surface area (TPSA) is 67.5 Å². The van der Waals surface area contributed by atoms with Crippen molar-refractivity contribution in [3.63, 3.8) is 0 Å². The molecule has 1 aliphatic rings. The molecule has 0 radical (unpaired) electrons. The summed E-state index contributed by atoms with van der Waals surface area (Å²) in [7, 11) is 0. The number of hydrogen-bond donors (Lipinski definition) is 2. The van der Waals surface area contributed by atoms with Gasteiger partial charge < -0.3 is 5.73 Å². The minimum Gasteiger partial charge on any atom is -0.350 e. The highest BCUT2D eigenvalue weighted by molar-refractivity contribution is 5.88. The van der Waals surface area contributed by atoms with Crippen molar-refractivity contribution in [2.45, 2.75) is 85.5 Å². The van der Waals surface area contributed by atoms with Gasteiger partial charge in [-0.2, -0.15) is 5.10 Å². The number of amides is 2. The van der Waals surface area contributed by atoms with Gasteiger partial charge in [0.15, 0.2) is 0 Å². The molecule has 0 unspecified atom stereocenters. The highest BCUT2D eigenvalue weighted by atomic mass is 16.2. The van der Waals surface area contributed by atoms with E-state index in [1.165, 1.54) is 44.9 Å². The van der Waals surface area contributed by atoms with Crippen LogP contribution in [0.2, 0.25) is 0 Å². The molecule has 0 bridgehead atoms. The fourth-order valence-corrected chi connectivity index (χ4v) is 3.46. The second kappa shape index (κ2) is 9.16. The highest BCUT2D eigenvalue weighted by Crippen LogP contribution is 2.40. The third kappa shape index (κ3) is 6.80. The van der Waals surface area contributed by atoms with E-state index < -0.39 is 6.03 Å². The Morgan fingerprint density at radius 2 is 1.95 bits per heavy atom. The van der Waals surface area contributed by atoms with E-state index >= 15 is 0 Å². The first kappa shape index (κ1) is 19.0. The molecule has 2 atom stereocenters. The molecular formula is C18H35N3O. The SMILES string of the molecule is CCCCCCC[C@@H]1C[C@@H](C(C)(C)C)CC/C1=N/NC(N)=O. The van der Waals surface area contributed by atoms with Crippen molar-refractivity contribution in [1.82, 2.24) is 5.43 Å². The van der Waals surface area contributed by atoms with Crippen LogP contribution in [0.15, 0.2) is 5.10 Å². The molecule has 3 N–H and O–H groups in total. The second-order valence-electron chi connectivity index (χ2n) is 7.82. The molecule has 0 aromatic heterocycles. The van der Waals surface area contributed by atoms with Crippen molar-refractivity contribution >= 4 is 11.7 Å². The van der Waals surface area contributed by atoms with Gasteiger partial charge in [0.05, 0.1) is 0 Å². The zero-order valence-corrected chi connectivity index (χ0v) is 15.0. The minimum absolute atomic E-state index is 0.350. The first-order valence-electron chi connectivity index (χ1n) is 8.96. The van der Waals surface area contributed by atoms with Crippen LogP contribution in [0, 0.1) is 17.3 Å². The van der Waals surface area contributed by atoms with Gasteiger partial charge in [-0.25, -0.2) is 10.2 Å². The van der Waals surface area contributed by atoms with Crippen LogP contribution in [0.5, 0.6) is 0 Å². The first-order chi connectivity index (χ1) is 10.3. The van der Waals surface area contributed by atoms with E-state index in [-0.39, 0.29) is 0 Å². The summed E-state index contributed by atoms with van der Waals surface area (Å²) in [4.78, 5) is 10.9. The van der Waals surface area contributed by atoms with Crippen LogP contribution >= 0.6 is 0 Å². The van der Waals surface area contributed by atoms with Gasteiger partial charge in [0.1, 0.15) is 0 Å². The lowest BCUT2D eigenvalue weighted by Crippen LogP contribution is -2.34. The standard InChI is InChI=1S/C18H35N3O/c1-5-6-7-8-9-10-14-13-15(18(2,3)4)11-12-16(14)20-21-17(19)22/h14-15H,5-13H2,1-4H3,(H3,19,21,22)/b20-16-/t14-,15+/m1/s1. The first-order valence-corrected chi connectivity index (χ1v) is 8.96. The summed E-state index contributed by atoms with van der Waals surface area (Å²) >= 11 is 0. The summed E-state index contributed by atoms with van der Waals surface area (Å²) in [6, 6.07) is -0.563. The van der Waals surface area contributed by atoms with Gasteiger partial charge in [0, 0.05) is 5.71 Å². The van der Waals surface area contributed by atoms with Crippen LogP contribution in [0.25, 0.3) is 0 Å². The van der Waals surface area contributed by atoms with Crippen molar-refractivity contribution in [3.05, 3.63) is 0 Å². The number of carbonyl (C=O) groups excluding carboxylic acids is 1. The maximum Gasteiger partial charge on any atom is 0.332 e. The summed E-state index contributed by atoms with van der Waals surface area (Å²) < 4.78 is 0. The fourth-order valence-electron chi connectivity index (χ4n) is 3.46. The molecule has 1 rings (SSSR count). The van der Waals surface area contributed by atoms with Crippen molar-refractivity contribution < 1.29 is 4.79 Å². The van der Waals surface area contributed by atoms with E-state index in [0.717, 1.165) is 24.5 Å². The van der Waals surface area contributed by atoms with Crippen LogP contribution in [0.4, 0.5) is 4.79 Å². The largest absolute Gasteiger partial charge is 0.350 e. The van der Waals surface area contributed by atoms with Crippen LogP contribution in [0.1, 0.15) is 85.5 Å². The quantitative estimate of drug-likeness (QED) is 0.513. The average Bonchev–Trinajstić information content (AvgIpc) is 2.44. The Kier molecular flexibility index (Phi) is 7.91. The number of primary amides is 1. The molecular weight excluding hydrogens is 274 g/mol. The third-order valence-electron chi connectivity index (χ3n) is 4.98. The molecule has 22 heavy (non-hydrogen) atoms. The van der Waals surface area contributed by atoms with Crippen LogP contribution in [-0.4, -0.2) is 11.7 Å². The Morgan fingerprint density at radius 1 is 1.27 bits per heavy atom. The van der Waals surface area contributed by atoms with E-state index in [2.05, 4.69) is 38.2 Å². The van der Waals surface area contributed by atoms with Crippen molar-refractivity contribution in [2.75, 3.05) is 0 Å². The maximum atomic E-state index is 10.9. The van der Waals surface area contributed by atoms with Gasteiger partial charge in [-0.1, -0.05) is 59.8 Å². The number of rotatable bonds is 7. The Morgan fingerprint density at radius 3 is 2.55 bits per heavy atom. The molecule has 4 heteroatoms. The van der Waals surface area contributed by atoms with Crippen LogP contribution in [-0.2, 0) is 0 Å². The molecule has 1 fully saturated rings. The lowest BCUT2D eigenvalue weighted by Gasteiger charge is -2.38. The summed E-state index contributed by atoms with van der Waals surface area (Å²) in [5.41, 5.74) is 9.08. The lowest BCUT2D eigenvalue weighted by atomic mass is 9.67. The van der Waals surface area contributed by atoms with Gasteiger partial charge in [-0.05, 0) is 42.9 Å². The summed E-state index contributed by atoms with van der Waals surface area (Å²) in [5, 5.41) is 4.29. The molecule has 0 aliphatic heterocycles. The van der Waals surface area contributed by atoms with Gasteiger partial charge in [-0.15, -0.1) is 0 Å².